The molecule has 28 heavy (non-hydrogen) atoms. The molecule has 0 unspecified atom stereocenters. The number of hydrogen-bond donors (Lipinski definition) is 2. The van der Waals surface area contributed by atoms with Gasteiger partial charge in [-0.25, -0.2) is 4.39 Å². The third-order valence-corrected chi connectivity index (χ3v) is 4.23. The van der Waals surface area contributed by atoms with Crippen molar-refractivity contribution in [1.29, 1.82) is 0 Å². The summed E-state index contributed by atoms with van der Waals surface area (Å²) in [6.07, 6.45) is 2.71. The van der Waals surface area contributed by atoms with E-state index >= 15 is 0 Å². The van der Waals surface area contributed by atoms with Gasteiger partial charge in [0.15, 0.2) is 17.5 Å². The summed E-state index contributed by atoms with van der Waals surface area (Å²) in [7, 11) is 5.03. The molecule has 154 valence electrons. The number of aliphatic imine (C=N–C) groups is 1. The topological polar surface area (TPSA) is 54.9 Å². The molecule has 0 saturated carbocycles. The zero-order valence-corrected chi connectivity index (χ0v) is 19.0. The molecule has 2 N–H and O–H groups in total. The summed E-state index contributed by atoms with van der Waals surface area (Å²) in [6, 6.07) is 12.6. The van der Waals surface area contributed by atoms with Crippen LogP contribution in [0.4, 0.5) is 4.39 Å². The number of methoxy groups -OCH3 is 2. The van der Waals surface area contributed by atoms with Gasteiger partial charge in [0.1, 0.15) is 5.82 Å². The van der Waals surface area contributed by atoms with Crippen LogP contribution < -0.4 is 20.1 Å². The van der Waals surface area contributed by atoms with Crippen LogP contribution in [0.3, 0.4) is 0 Å². The van der Waals surface area contributed by atoms with Crippen molar-refractivity contribution in [1.82, 2.24) is 10.6 Å². The number of nitrogens with one attached hydrogen (secondary N) is 2. The average molecular weight is 501 g/mol. The largest absolute Gasteiger partial charge is 0.493 e. The first-order valence-electron chi connectivity index (χ1n) is 9.06. The van der Waals surface area contributed by atoms with Crippen molar-refractivity contribution in [3.8, 4) is 11.5 Å². The van der Waals surface area contributed by atoms with Crippen molar-refractivity contribution in [2.24, 2.45) is 4.99 Å². The van der Waals surface area contributed by atoms with Gasteiger partial charge >= 0.3 is 0 Å². The van der Waals surface area contributed by atoms with E-state index in [-0.39, 0.29) is 29.8 Å². The third-order valence-electron chi connectivity index (χ3n) is 4.23. The number of rotatable bonds is 9. The SMILES string of the molecule is CN=C(NCCCc1ccc(OC)c(OC)c1)NCCc1ccc(F)cc1.I. The van der Waals surface area contributed by atoms with Crippen molar-refractivity contribution < 1.29 is 13.9 Å². The van der Waals surface area contributed by atoms with Crippen LogP contribution in [0.2, 0.25) is 0 Å². The van der Waals surface area contributed by atoms with E-state index < -0.39 is 0 Å². The Bertz CT molecular complexity index is 739. The minimum atomic E-state index is -0.210. The Balaban J connectivity index is 0.00000392. The van der Waals surface area contributed by atoms with Gasteiger partial charge in [-0.3, -0.25) is 4.99 Å². The molecular weight excluding hydrogens is 472 g/mol. The molecule has 0 aromatic heterocycles. The number of benzene rings is 2. The standard InChI is InChI=1S/C21H28FN3O2.HI/c1-23-21(25-14-12-16-6-9-18(22)10-7-16)24-13-4-5-17-8-11-19(26-2)20(15-17)27-3;/h6-11,15H,4-5,12-14H2,1-3H3,(H2,23,24,25);1H. The summed E-state index contributed by atoms with van der Waals surface area (Å²) in [4.78, 5) is 4.23. The van der Waals surface area contributed by atoms with E-state index in [1.54, 1.807) is 33.4 Å². The lowest BCUT2D eigenvalue weighted by molar-refractivity contribution is 0.354. The first kappa shape index (κ1) is 24.0. The minimum absolute atomic E-state index is 0. The minimum Gasteiger partial charge on any atom is -0.493 e. The summed E-state index contributed by atoms with van der Waals surface area (Å²) in [5.41, 5.74) is 2.29. The predicted octanol–water partition coefficient (Wildman–Crippen LogP) is 3.80. The number of ether oxygens (including phenoxy) is 2. The van der Waals surface area contributed by atoms with Gasteiger partial charge < -0.3 is 20.1 Å². The van der Waals surface area contributed by atoms with E-state index in [1.165, 1.54) is 17.7 Å². The van der Waals surface area contributed by atoms with Crippen LogP contribution in [-0.4, -0.2) is 40.3 Å². The molecule has 0 heterocycles. The molecule has 0 aliphatic heterocycles. The van der Waals surface area contributed by atoms with E-state index in [0.717, 1.165) is 55.4 Å². The normalized spacial score (nSPS) is 10.8. The Kier molecular flexibility index (Phi) is 11.3. The van der Waals surface area contributed by atoms with Crippen molar-refractivity contribution in [3.63, 3.8) is 0 Å². The lowest BCUT2D eigenvalue weighted by Crippen LogP contribution is -2.38. The van der Waals surface area contributed by atoms with Crippen LogP contribution in [0, 0.1) is 5.82 Å². The fourth-order valence-electron chi connectivity index (χ4n) is 2.73. The van der Waals surface area contributed by atoms with Gasteiger partial charge in [0.2, 0.25) is 0 Å². The summed E-state index contributed by atoms with van der Waals surface area (Å²) in [6.45, 7) is 1.55. The van der Waals surface area contributed by atoms with Gasteiger partial charge in [-0.05, 0) is 54.7 Å². The molecule has 2 aromatic rings. The average Bonchev–Trinajstić information content (AvgIpc) is 2.70. The number of guanidine groups is 1. The quantitative estimate of drug-likeness (QED) is 0.238. The van der Waals surface area contributed by atoms with Crippen LogP contribution in [0.25, 0.3) is 0 Å². The molecule has 0 bridgehead atoms. The molecule has 0 fully saturated rings. The van der Waals surface area contributed by atoms with Crippen LogP contribution in [0.15, 0.2) is 47.5 Å². The van der Waals surface area contributed by atoms with Gasteiger partial charge in [0, 0.05) is 20.1 Å². The predicted molar refractivity (Wildman–Crippen MR) is 123 cm³/mol. The maximum absolute atomic E-state index is 12.9. The molecular formula is C21H29FIN3O2. The zero-order chi connectivity index (χ0) is 19.5. The van der Waals surface area contributed by atoms with Crippen molar-refractivity contribution in [2.75, 3.05) is 34.4 Å². The van der Waals surface area contributed by atoms with Gasteiger partial charge in [-0.2, -0.15) is 0 Å². The lowest BCUT2D eigenvalue weighted by Gasteiger charge is -2.12. The van der Waals surface area contributed by atoms with Gasteiger partial charge in [0.25, 0.3) is 0 Å². The lowest BCUT2D eigenvalue weighted by atomic mass is 10.1. The highest BCUT2D eigenvalue weighted by atomic mass is 127. The smallest absolute Gasteiger partial charge is 0.190 e. The molecule has 0 aliphatic carbocycles. The van der Waals surface area contributed by atoms with Crippen molar-refractivity contribution in [3.05, 3.63) is 59.4 Å². The molecule has 7 heteroatoms. The Morgan fingerprint density at radius 2 is 1.54 bits per heavy atom. The second-order valence-corrected chi connectivity index (χ2v) is 6.10. The van der Waals surface area contributed by atoms with Crippen LogP contribution in [0.5, 0.6) is 11.5 Å². The highest BCUT2D eigenvalue weighted by molar-refractivity contribution is 14.0. The monoisotopic (exact) mass is 501 g/mol. The fraction of sp³-hybridized carbons (Fsp3) is 0.381. The van der Waals surface area contributed by atoms with E-state index in [9.17, 15) is 4.39 Å². The van der Waals surface area contributed by atoms with Crippen LogP contribution in [-0.2, 0) is 12.8 Å². The molecule has 5 nitrogen and oxygen atoms in total. The van der Waals surface area contributed by atoms with Crippen molar-refractivity contribution >= 4 is 29.9 Å². The third kappa shape index (κ3) is 7.92. The maximum atomic E-state index is 12.9. The Morgan fingerprint density at radius 1 is 0.893 bits per heavy atom. The summed E-state index contributed by atoms with van der Waals surface area (Å²) >= 11 is 0. The number of hydrogen-bond acceptors (Lipinski definition) is 3. The molecule has 0 spiro atoms. The molecule has 0 atom stereocenters. The molecule has 0 aliphatic rings. The summed E-state index contributed by atoms with van der Waals surface area (Å²) in [5, 5.41) is 6.58. The second kappa shape index (κ2) is 13.2. The fourth-order valence-corrected chi connectivity index (χ4v) is 2.73. The molecule has 2 rings (SSSR count). The van der Waals surface area contributed by atoms with E-state index in [0.29, 0.717) is 0 Å². The van der Waals surface area contributed by atoms with Crippen LogP contribution >= 0.6 is 24.0 Å². The van der Waals surface area contributed by atoms with Crippen molar-refractivity contribution in [2.45, 2.75) is 19.3 Å². The van der Waals surface area contributed by atoms with Gasteiger partial charge in [-0.1, -0.05) is 18.2 Å². The van der Waals surface area contributed by atoms with E-state index in [4.69, 9.17) is 9.47 Å². The Labute approximate surface area is 183 Å². The van der Waals surface area contributed by atoms with E-state index in [1.807, 2.05) is 12.1 Å². The number of aryl methyl sites for hydroxylation is 1. The first-order valence-corrected chi connectivity index (χ1v) is 9.06. The second-order valence-electron chi connectivity index (χ2n) is 6.10. The molecule has 0 radical (unpaired) electrons. The number of halogens is 2. The van der Waals surface area contributed by atoms with Gasteiger partial charge in [0.05, 0.1) is 14.2 Å². The Hall–Kier alpha value is -2.03. The first-order chi connectivity index (χ1) is 13.2. The van der Waals surface area contributed by atoms with Crippen LogP contribution in [0.1, 0.15) is 17.5 Å². The van der Waals surface area contributed by atoms with E-state index in [2.05, 4.69) is 21.7 Å². The molecule has 0 amide bonds. The zero-order valence-electron chi connectivity index (χ0n) is 16.6. The number of nitrogens with zero attached hydrogens (tertiary/aromatic N) is 1. The molecule has 2 aromatic carbocycles. The highest BCUT2D eigenvalue weighted by Gasteiger charge is 2.04. The maximum Gasteiger partial charge on any atom is 0.190 e. The summed E-state index contributed by atoms with van der Waals surface area (Å²) < 4.78 is 23.5. The molecule has 0 saturated heterocycles. The highest BCUT2D eigenvalue weighted by Crippen LogP contribution is 2.27. The Morgan fingerprint density at radius 3 is 2.18 bits per heavy atom. The summed E-state index contributed by atoms with van der Waals surface area (Å²) in [5.74, 6) is 2.05. The van der Waals surface area contributed by atoms with Gasteiger partial charge in [-0.15, -0.1) is 24.0 Å².